The lowest BCUT2D eigenvalue weighted by atomic mass is 10.0. The van der Waals surface area contributed by atoms with E-state index in [4.69, 9.17) is 0 Å². The molecule has 6 nitrogen and oxygen atoms in total. The first kappa shape index (κ1) is 14.3. The topological polar surface area (TPSA) is 69.7 Å². The Morgan fingerprint density at radius 1 is 1.33 bits per heavy atom. The van der Waals surface area contributed by atoms with Crippen molar-refractivity contribution in [3.05, 3.63) is 12.7 Å². The average Bonchev–Trinajstić information content (AvgIpc) is 2.96. The van der Waals surface area contributed by atoms with E-state index in [9.17, 15) is 0 Å². The Bertz CT molecular complexity index is 578. The minimum atomic E-state index is 0.499. The van der Waals surface area contributed by atoms with Crippen LogP contribution in [-0.2, 0) is 0 Å². The zero-order valence-electron chi connectivity index (χ0n) is 12.8. The second kappa shape index (κ2) is 6.39. The molecule has 1 atom stereocenters. The van der Waals surface area contributed by atoms with Crippen molar-refractivity contribution in [3.8, 4) is 0 Å². The van der Waals surface area contributed by atoms with Crippen LogP contribution in [0.3, 0.4) is 0 Å². The van der Waals surface area contributed by atoms with Gasteiger partial charge in [0, 0.05) is 19.1 Å². The van der Waals surface area contributed by atoms with Crippen LogP contribution in [0.15, 0.2) is 12.7 Å². The van der Waals surface area contributed by atoms with Gasteiger partial charge in [-0.2, -0.15) is 0 Å². The van der Waals surface area contributed by atoms with Gasteiger partial charge in [-0.15, -0.1) is 0 Å². The Labute approximate surface area is 125 Å². The molecule has 114 valence electrons. The van der Waals surface area contributed by atoms with Gasteiger partial charge in [-0.3, -0.25) is 0 Å². The molecule has 2 aromatic heterocycles. The van der Waals surface area contributed by atoms with E-state index in [1.807, 2.05) is 0 Å². The third-order valence-electron chi connectivity index (χ3n) is 4.03. The molecule has 21 heavy (non-hydrogen) atoms. The number of aromatic amines is 1. The molecule has 1 saturated heterocycles. The Morgan fingerprint density at radius 2 is 2.24 bits per heavy atom. The van der Waals surface area contributed by atoms with Crippen molar-refractivity contribution in [2.24, 2.45) is 5.92 Å². The maximum Gasteiger partial charge on any atom is 0.182 e. The number of hydrogen-bond donors (Lipinski definition) is 2. The third kappa shape index (κ3) is 3.15. The molecule has 1 aliphatic heterocycles. The number of rotatable bonds is 5. The van der Waals surface area contributed by atoms with Crippen LogP contribution in [0.2, 0.25) is 0 Å². The molecule has 2 N–H and O–H groups in total. The van der Waals surface area contributed by atoms with Gasteiger partial charge in [-0.25, -0.2) is 15.0 Å². The Kier molecular flexibility index (Phi) is 4.34. The molecule has 0 spiro atoms. The van der Waals surface area contributed by atoms with E-state index < -0.39 is 0 Å². The highest BCUT2D eigenvalue weighted by Gasteiger charge is 2.25. The molecular weight excluding hydrogens is 264 g/mol. The largest absolute Gasteiger partial charge is 0.350 e. The fraction of sp³-hybridized carbons (Fsp3) is 0.667. The van der Waals surface area contributed by atoms with Gasteiger partial charge in [-0.1, -0.05) is 13.8 Å². The lowest BCUT2D eigenvalue weighted by Gasteiger charge is -2.37. The molecule has 0 radical (unpaired) electrons. The summed E-state index contributed by atoms with van der Waals surface area (Å²) >= 11 is 0. The van der Waals surface area contributed by atoms with Gasteiger partial charge in [0.25, 0.3) is 0 Å². The molecule has 0 aromatic carbocycles. The Hall–Kier alpha value is -1.69. The van der Waals surface area contributed by atoms with E-state index >= 15 is 0 Å². The number of nitrogens with one attached hydrogen (secondary N) is 2. The van der Waals surface area contributed by atoms with Gasteiger partial charge < -0.3 is 15.2 Å². The highest BCUT2D eigenvalue weighted by Crippen LogP contribution is 2.26. The molecule has 6 heteroatoms. The normalized spacial score (nSPS) is 19.6. The number of anilines is 1. The second-order valence-corrected chi connectivity index (χ2v) is 6.19. The average molecular weight is 288 g/mol. The van der Waals surface area contributed by atoms with Gasteiger partial charge in [0.05, 0.1) is 6.33 Å². The predicted octanol–water partition coefficient (Wildman–Crippen LogP) is 1.96. The minimum absolute atomic E-state index is 0.499. The van der Waals surface area contributed by atoms with Gasteiger partial charge in [-0.05, 0) is 31.7 Å². The summed E-state index contributed by atoms with van der Waals surface area (Å²) in [6.07, 6.45) is 7.04. The number of fused-ring (bicyclic) bond motifs is 1. The van der Waals surface area contributed by atoms with Crippen molar-refractivity contribution in [2.45, 2.75) is 39.2 Å². The molecule has 3 rings (SSSR count). The van der Waals surface area contributed by atoms with Gasteiger partial charge >= 0.3 is 0 Å². The lowest BCUT2D eigenvalue weighted by molar-refractivity contribution is 0.421. The molecule has 0 aliphatic carbocycles. The quantitative estimate of drug-likeness (QED) is 0.880. The van der Waals surface area contributed by atoms with Crippen molar-refractivity contribution < 1.29 is 0 Å². The van der Waals surface area contributed by atoms with E-state index in [0.717, 1.165) is 36.6 Å². The fourth-order valence-electron chi connectivity index (χ4n) is 3.00. The van der Waals surface area contributed by atoms with Crippen LogP contribution < -0.4 is 10.2 Å². The van der Waals surface area contributed by atoms with E-state index in [1.165, 1.54) is 19.3 Å². The molecule has 0 amide bonds. The lowest BCUT2D eigenvalue weighted by Crippen LogP contribution is -2.46. The number of imidazole rings is 1. The van der Waals surface area contributed by atoms with Crippen molar-refractivity contribution in [1.82, 2.24) is 25.3 Å². The monoisotopic (exact) mass is 288 g/mol. The van der Waals surface area contributed by atoms with Crippen LogP contribution in [0.4, 0.5) is 5.82 Å². The van der Waals surface area contributed by atoms with Crippen molar-refractivity contribution in [3.63, 3.8) is 0 Å². The first-order valence-corrected chi connectivity index (χ1v) is 7.87. The van der Waals surface area contributed by atoms with Gasteiger partial charge in [0.15, 0.2) is 11.5 Å². The van der Waals surface area contributed by atoms with Crippen molar-refractivity contribution >= 4 is 17.0 Å². The number of nitrogens with zero attached hydrogens (tertiary/aromatic N) is 4. The molecule has 1 unspecified atom stereocenters. The van der Waals surface area contributed by atoms with Gasteiger partial charge in [0.2, 0.25) is 0 Å². The number of aromatic nitrogens is 4. The predicted molar refractivity (Wildman–Crippen MR) is 84.4 cm³/mol. The maximum absolute atomic E-state index is 4.51. The molecule has 1 fully saturated rings. The molecule has 3 heterocycles. The number of piperidine rings is 1. The Morgan fingerprint density at radius 3 is 3.10 bits per heavy atom. The summed E-state index contributed by atoms with van der Waals surface area (Å²) in [6.45, 7) is 7.61. The first-order valence-electron chi connectivity index (χ1n) is 7.87. The smallest absolute Gasteiger partial charge is 0.182 e. The molecule has 0 saturated carbocycles. The van der Waals surface area contributed by atoms with E-state index in [-0.39, 0.29) is 0 Å². The fourth-order valence-corrected chi connectivity index (χ4v) is 3.00. The number of hydrogen-bond acceptors (Lipinski definition) is 5. The van der Waals surface area contributed by atoms with Crippen LogP contribution in [-0.4, -0.2) is 45.6 Å². The molecule has 0 bridgehead atoms. The zero-order chi connectivity index (χ0) is 14.7. The summed E-state index contributed by atoms with van der Waals surface area (Å²) in [5.74, 6) is 1.67. The summed E-state index contributed by atoms with van der Waals surface area (Å²) in [5.41, 5.74) is 1.70. The molecule has 2 aromatic rings. The van der Waals surface area contributed by atoms with Crippen LogP contribution in [0.5, 0.6) is 0 Å². The summed E-state index contributed by atoms with van der Waals surface area (Å²) < 4.78 is 0. The van der Waals surface area contributed by atoms with Crippen LogP contribution in [0, 0.1) is 5.92 Å². The van der Waals surface area contributed by atoms with Crippen LogP contribution >= 0.6 is 0 Å². The standard InChI is InChI=1S/C15H24N6/c1-11(2)7-16-8-12-5-3-4-6-21(12)15-13-14(18-9-17-13)19-10-20-15/h9-12,16H,3-8H2,1-2H3,(H,17,18,19,20). The summed E-state index contributed by atoms with van der Waals surface area (Å²) in [5, 5.41) is 3.59. The highest BCUT2D eigenvalue weighted by molar-refractivity contribution is 5.82. The van der Waals surface area contributed by atoms with Crippen molar-refractivity contribution in [1.29, 1.82) is 0 Å². The van der Waals surface area contributed by atoms with Crippen LogP contribution in [0.25, 0.3) is 11.2 Å². The summed E-state index contributed by atoms with van der Waals surface area (Å²) in [7, 11) is 0. The first-order chi connectivity index (χ1) is 10.3. The zero-order valence-corrected chi connectivity index (χ0v) is 12.8. The highest BCUT2D eigenvalue weighted by atomic mass is 15.2. The Balaban J connectivity index is 1.79. The van der Waals surface area contributed by atoms with E-state index in [1.54, 1.807) is 12.7 Å². The maximum atomic E-state index is 4.51. The number of H-pyrrole nitrogens is 1. The minimum Gasteiger partial charge on any atom is -0.350 e. The second-order valence-electron chi connectivity index (χ2n) is 6.19. The van der Waals surface area contributed by atoms with Crippen molar-refractivity contribution in [2.75, 3.05) is 24.5 Å². The van der Waals surface area contributed by atoms with Crippen LogP contribution in [0.1, 0.15) is 33.1 Å². The molecule has 1 aliphatic rings. The summed E-state index contributed by atoms with van der Waals surface area (Å²) in [6, 6.07) is 0.499. The third-order valence-corrected chi connectivity index (χ3v) is 4.03. The SMILES string of the molecule is CC(C)CNCC1CCCCN1c1ncnc2nc[nH]c12. The molecular formula is C15H24N6. The van der Waals surface area contributed by atoms with Gasteiger partial charge in [0.1, 0.15) is 11.8 Å². The van der Waals surface area contributed by atoms with E-state index in [2.05, 4.69) is 44.0 Å². The summed E-state index contributed by atoms with van der Waals surface area (Å²) in [4.78, 5) is 18.6. The van der Waals surface area contributed by atoms with E-state index in [0.29, 0.717) is 12.0 Å².